The van der Waals surface area contributed by atoms with Crippen LogP contribution in [0.5, 0.6) is 0 Å². The van der Waals surface area contributed by atoms with E-state index in [9.17, 15) is 0 Å². The first-order chi connectivity index (χ1) is 58.5. The zero-order valence-corrected chi connectivity index (χ0v) is 70.1. The van der Waals surface area contributed by atoms with Crippen molar-refractivity contribution in [1.29, 1.82) is 0 Å². The van der Waals surface area contributed by atoms with Crippen LogP contribution in [0, 0.1) is 0 Å². The highest BCUT2D eigenvalue weighted by Gasteiger charge is 2.20. The summed E-state index contributed by atoms with van der Waals surface area (Å²) in [7, 11) is 0. The summed E-state index contributed by atoms with van der Waals surface area (Å²) in [5, 5.41) is 103. The third-order valence-electron chi connectivity index (χ3n) is 16.2. The Morgan fingerprint density at radius 1 is 0.108 bits per heavy atom. The van der Waals surface area contributed by atoms with Gasteiger partial charge < -0.3 is 0 Å². The lowest BCUT2D eigenvalue weighted by Gasteiger charge is -2.06. The van der Waals surface area contributed by atoms with Gasteiger partial charge in [-0.2, -0.15) is 0 Å². The minimum absolute atomic E-state index is 0.225. The smallest absolute Gasteiger partial charge is 0.126 e. The van der Waals surface area contributed by atoms with Gasteiger partial charge in [-0.25, -0.2) is 0 Å². The number of halogens is 12. The van der Waals surface area contributed by atoms with Crippen molar-refractivity contribution < 1.29 is 0 Å². The Kier molecular flexibility index (Phi) is 30.3. The molecule has 0 aliphatic heterocycles. The summed E-state index contributed by atoms with van der Waals surface area (Å²) in [6.07, 6.45) is 0. The topological polar surface area (TPSA) is 309 Å². The highest BCUT2D eigenvalue weighted by Crippen LogP contribution is 2.38. The molecule has 0 saturated carbocycles. The van der Waals surface area contributed by atoms with Crippen LogP contribution in [0.1, 0.15) is 0 Å². The quantitative estimate of drug-likeness (QED) is 0.110. The number of benzene rings is 12. The van der Waals surface area contributed by atoms with Gasteiger partial charge in [0.15, 0.2) is 0 Å². The molecule has 18 aromatic rings. The average Bonchev–Trinajstić information content (AvgIpc) is 0.805. The Morgan fingerprint density at radius 3 is 0.392 bits per heavy atom. The monoisotopic (exact) mass is 1810 g/mol. The van der Waals surface area contributed by atoms with E-state index in [2.05, 4.69) is 122 Å². The van der Waals surface area contributed by atoms with Crippen molar-refractivity contribution in [2.45, 2.75) is 0 Å². The van der Waals surface area contributed by atoms with Crippen molar-refractivity contribution in [2.24, 2.45) is 0 Å². The number of nitrogens with zero attached hydrogens (tertiary/aromatic N) is 24. The van der Waals surface area contributed by atoms with Crippen LogP contribution >= 0.6 is 139 Å². The largest absolute Gasteiger partial charge is 0.206 e. The molecule has 0 atom stereocenters. The van der Waals surface area contributed by atoms with Crippen molar-refractivity contribution in [3.05, 3.63) is 351 Å². The molecule has 588 valence electrons. The van der Waals surface area contributed by atoms with Crippen LogP contribution in [0.25, 0.3) is 137 Å². The molecule has 12 aromatic carbocycles. The molecule has 0 bridgehead atoms. The highest BCUT2D eigenvalue weighted by molar-refractivity contribution is 6.41. The Balaban J connectivity index is 0.000000125. The Morgan fingerprint density at radius 2 is 0.233 bits per heavy atom. The van der Waals surface area contributed by atoms with E-state index in [1.807, 2.05) is 188 Å². The first-order valence-electron chi connectivity index (χ1n) is 35.0. The van der Waals surface area contributed by atoms with Gasteiger partial charge in [0.2, 0.25) is 69.9 Å². The summed E-state index contributed by atoms with van der Waals surface area (Å²) in [5.74, 6) is 4.57. The van der Waals surface area contributed by atoms with Crippen molar-refractivity contribution in [1.82, 2.24) is 122 Å². The molecular formula is C84H48Cl12N24. The third kappa shape index (κ3) is 22.4. The second-order valence-corrected chi connectivity index (χ2v) is 28.9. The maximum Gasteiger partial charge on any atom is 0.206 e. The van der Waals surface area contributed by atoms with Crippen LogP contribution in [-0.4, -0.2) is 122 Å². The Bertz CT molecular complexity index is 6160. The molecule has 0 aliphatic carbocycles. The van der Waals surface area contributed by atoms with E-state index in [-0.39, 0.29) is 17.5 Å². The van der Waals surface area contributed by atoms with Crippen LogP contribution in [0.2, 0.25) is 60.3 Å². The molecule has 6 aromatic heterocycles. The first kappa shape index (κ1) is 85.6. The number of hydrogen-bond donors (Lipinski definition) is 0. The lowest BCUT2D eigenvalue weighted by molar-refractivity contribution is 0.876. The fourth-order valence-corrected chi connectivity index (χ4v) is 13.6. The molecule has 120 heavy (non-hydrogen) atoms. The number of rotatable bonds is 12. The minimum atomic E-state index is 0.225. The van der Waals surface area contributed by atoms with Crippen molar-refractivity contribution in [2.75, 3.05) is 0 Å². The summed E-state index contributed by atoms with van der Waals surface area (Å²) in [6.45, 7) is 0. The van der Waals surface area contributed by atoms with Gasteiger partial charge in [0.25, 0.3) is 0 Å². The molecule has 0 amide bonds. The lowest BCUT2D eigenvalue weighted by atomic mass is 10.2. The van der Waals surface area contributed by atoms with Gasteiger partial charge in [0.1, 0.15) is 0 Å². The molecule has 0 radical (unpaired) electrons. The minimum Gasteiger partial charge on any atom is -0.126 e. The van der Waals surface area contributed by atoms with E-state index >= 15 is 0 Å². The Hall–Kier alpha value is -12.2. The van der Waals surface area contributed by atoms with Gasteiger partial charge in [0, 0.05) is 44.5 Å². The molecular weight excluding hydrogens is 1770 g/mol. The summed E-state index contributed by atoms with van der Waals surface area (Å²) < 4.78 is 0. The predicted octanol–water partition coefficient (Wildman–Crippen LogP) is 23.4. The van der Waals surface area contributed by atoms with E-state index in [0.717, 1.165) is 27.8 Å². The number of hydrogen-bond acceptors (Lipinski definition) is 24. The zero-order valence-electron chi connectivity index (χ0n) is 61.0. The molecule has 36 heteroatoms. The van der Waals surface area contributed by atoms with Gasteiger partial charge in [-0.15, -0.1) is 122 Å². The summed E-state index contributed by atoms with van der Waals surface area (Å²) in [4.78, 5) is 0. The van der Waals surface area contributed by atoms with E-state index < -0.39 is 0 Å². The average molecular weight is 1820 g/mol. The molecule has 0 aliphatic rings. The van der Waals surface area contributed by atoms with Crippen molar-refractivity contribution in [3.8, 4) is 137 Å². The zero-order chi connectivity index (χ0) is 83.7. The fraction of sp³-hybridized carbons (Fsp3) is 0. The summed E-state index contributed by atoms with van der Waals surface area (Å²) in [6, 6.07) is 88.1. The lowest BCUT2D eigenvalue weighted by Crippen LogP contribution is -2.00. The highest BCUT2D eigenvalue weighted by atomic mass is 35.5. The maximum absolute atomic E-state index is 6.11. The molecule has 0 spiro atoms. The maximum atomic E-state index is 6.11. The predicted molar refractivity (Wildman–Crippen MR) is 471 cm³/mol. The van der Waals surface area contributed by atoms with Gasteiger partial charge >= 0.3 is 0 Å². The summed E-state index contributed by atoms with van der Waals surface area (Å²) in [5.41, 5.74) is 8.33. The van der Waals surface area contributed by atoms with Crippen molar-refractivity contribution >= 4 is 139 Å². The van der Waals surface area contributed by atoms with Gasteiger partial charge in [-0.05, 0) is 97.1 Å². The fourth-order valence-electron chi connectivity index (χ4n) is 10.4. The van der Waals surface area contributed by atoms with Crippen LogP contribution in [0.3, 0.4) is 0 Å². The molecule has 24 nitrogen and oxygen atoms in total. The molecule has 0 N–H and O–H groups in total. The van der Waals surface area contributed by atoms with Crippen molar-refractivity contribution in [3.63, 3.8) is 0 Å². The number of aromatic nitrogens is 24. The van der Waals surface area contributed by atoms with Crippen LogP contribution in [-0.2, 0) is 0 Å². The molecule has 0 saturated heterocycles. The van der Waals surface area contributed by atoms with Gasteiger partial charge in [-0.1, -0.05) is 333 Å². The van der Waals surface area contributed by atoms with E-state index in [1.165, 1.54) is 0 Å². The standard InChI is InChI=1S/C14H6Cl4N4.C14H7Cl3N4.2C14H8Cl2N4.C14H9ClN4.C14H10N4/c15-7-3-1-4-8(16)11(7)13-19-21-14(22-20-13)12-9(17)5-2-6-10(12)18;15-9-5-2-1-4-8(9)13-18-20-14(21-19-13)12-10(16)6-3-7-11(12)17;15-11-7-3-1-5-9(11)13-17-19-14(20-18-13)10-6-2-4-8-12(10)16;15-10-7-4-8-11(16)12(10)14-19-17-13(18-20-14)9-5-2-1-3-6-9;15-12-9-5-4-8-11(12)14-18-16-13(17-19-14)10-6-2-1-3-7-10;1-3-7-11(8-4-1)13-15-17-14(18-16-13)12-9-5-2-6-10-12/h1-6H;1-7H;2*1-8H;1-9H;1-10H. The normalized spacial score (nSPS) is 10.5. The van der Waals surface area contributed by atoms with E-state index in [0.29, 0.717) is 152 Å². The second-order valence-electron chi connectivity index (χ2n) is 24.1. The molecule has 0 fully saturated rings. The van der Waals surface area contributed by atoms with Crippen LogP contribution in [0.4, 0.5) is 0 Å². The van der Waals surface area contributed by atoms with Gasteiger partial charge in [-0.3, -0.25) is 0 Å². The van der Waals surface area contributed by atoms with Crippen LogP contribution in [0.15, 0.2) is 291 Å². The first-order valence-corrected chi connectivity index (χ1v) is 39.5. The second kappa shape index (κ2) is 42.4. The molecule has 6 heterocycles. The third-order valence-corrected chi connectivity index (χ3v) is 20.0. The summed E-state index contributed by atoms with van der Waals surface area (Å²) >= 11 is 73.2. The molecule has 0 unspecified atom stereocenters. The van der Waals surface area contributed by atoms with E-state index in [4.69, 9.17) is 139 Å². The Labute approximate surface area is 743 Å². The van der Waals surface area contributed by atoms with Gasteiger partial charge in [0.05, 0.1) is 82.5 Å². The SMILES string of the molecule is Clc1cccc(Cl)c1-c1nnc(-c2c(Cl)cccc2Cl)nn1.Clc1cccc(Cl)c1-c1nnc(-c2ccccc2)nn1.Clc1ccccc1-c1nnc(-c2c(Cl)cccc2Cl)nn1.Clc1ccccc1-c1nnc(-c2ccccc2)nn1.Clc1ccccc1-c1nnc(-c2ccccc2Cl)nn1.c1ccc(-c2nnc(-c3ccccc3)nn2)cc1. The molecule has 18 rings (SSSR count). The van der Waals surface area contributed by atoms with Crippen LogP contribution < -0.4 is 0 Å². The van der Waals surface area contributed by atoms with E-state index in [1.54, 1.807) is 103 Å².